The summed E-state index contributed by atoms with van der Waals surface area (Å²) in [7, 11) is 4.48. The standard InChI is InChI=1S/C21H22O8/c1-24-15-7-12(8-16(25-2)19(15)22)14-9-27-21(23)13(14)4-11-5-17(26-3)20-18(6-11)28-10-29-20/h5-8,13-14,22H,4,9-10H2,1-3H3/t13-,14-/m0/s1. The van der Waals surface area contributed by atoms with Gasteiger partial charge >= 0.3 is 5.97 Å². The van der Waals surface area contributed by atoms with Gasteiger partial charge in [-0.05, 0) is 41.8 Å². The first-order chi connectivity index (χ1) is 14.0. The first-order valence-electron chi connectivity index (χ1n) is 9.13. The second kappa shape index (κ2) is 7.62. The molecule has 0 radical (unpaired) electrons. The van der Waals surface area contributed by atoms with E-state index in [-0.39, 0.29) is 42.5 Å². The van der Waals surface area contributed by atoms with Crippen LogP contribution in [0.15, 0.2) is 24.3 Å². The molecule has 4 rings (SSSR count). The van der Waals surface area contributed by atoms with Crippen LogP contribution in [-0.2, 0) is 16.0 Å². The summed E-state index contributed by atoms with van der Waals surface area (Å²) in [4.78, 5) is 12.5. The Kier molecular flexibility index (Phi) is 5.00. The number of phenols is 1. The highest BCUT2D eigenvalue weighted by molar-refractivity contribution is 5.77. The number of cyclic esters (lactones) is 1. The van der Waals surface area contributed by atoms with Gasteiger partial charge in [0, 0.05) is 5.92 Å². The van der Waals surface area contributed by atoms with Crippen LogP contribution in [0.3, 0.4) is 0 Å². The van der Waals surface area contributed by atoms with E-state index < -0.39 is 5.92 Å². The van der Waals surface area contributed by atoms with Crippen LogP contribution in [0, 0.1) is 5.92 Å². The Morgan fingerprint density at radius 2 is 1.66 bits per heavy atom. The normalized spacial score (nSPS) is 19.8. The Morgan fingerprint density at radius 3 is 2.31 bits per heavy atom. The van der Waals surface area contributed by atoms with Crippen LogP contribution in [0.2, 0.25) is 0 Å². The van der Waals surface area contributed by atoms with Crippen LogP contribution < -0.4 is 23.7 Å². The lowest BCUT2D eigenvalue weighted by Gasteiger charge is -2.19. The molecule has 0 unspecified atom stereocenters. The molecular formula is C21H22O8. The number of ether oxygens (including phenoxy) is 6. The van der Waals surface area contributed by atoms with Gasteiger partial charge in [-0.2, -0.15) is 0 Å². The monoisotopic (exact) mass is 402 g/mol. The highest BCUT2D eigenvalue weighted by Gasteiger charge is 2.39. The Morgan fingerprint density at radius 1 is 0.966 bits per heavy atom. The average molecular weight is 402 g/mol. The summed E-state index contributed by atoms with van der Waals surface area (Å²) in [6, 6.07) is 7.11. The molecule has 2 aliphatic rings. The van der Waals surface area contributed by atoms with Gasteiger partial charge in [-0.25, -0.2) is 0 Å². The largest absolute Gasteiger partial charge is 0.502 e. The van der Waals surface area contributed by atoms with Crippen molar-refractivity contribution in [1.82, 2.24) is 0 Å². The SMILES string of the molecule is COc1cc([C@@H]2COC(=O)[C@H]2Cc2cc(OC)c3c(c2)OCO3)cc(OC)c1O. The number of benzene rings is 2. The molecule has 1 N–H and O–H groups in total. The maximum absolute atomic E-state index is 12.5. The maximum Gasteiger partial charge on any atom is 0.310 e. The van der Waals surface area contributed by atoms with Crippen molar-refractivity contribution < 1.29 is 38.3 Å². The Hall–Kier alpha value is -3.29. The fourth-order valence-electron chi connectivity index (χ4n) is 3.80. The smallest absolute Gasteiger partial charge is 0.310 e. The molecule has 0 amide bonds. The molecule has 8 nitrogen and oxygen atoms in total. The molecule has 1 saturated heterocycles. The Labute approximate surface area is 167 Å². The zero-order valence-corrected chi connectivity index (χ0v) is 16.4. The molecule has 0 spiro atoms. The van der Waals surface area contributed by atoms with E-state index in [9.17, 15) is 9.90 Å². The van der Waals surface area contributed by atoms with Gasteiger partial charge in [-0.1, -0.05) is 0 Å². The first-order valence-corrected chi connectivity index (χ1v) is 9.13. The van der Waals surface area contributed by atoms with Crippen molar-refractivity contribution in [2.24, 2.45) is 5.92 Å². The fourth-order valence-corrected chi connectivity index (χ4v) is 3.80. The van der Waals surface area contributed by atoms with Gasteiger partial charge in [-0.3, -0.25) is 4.79 Å². The van der Waals surface area contributed by atoms with Crippen LogP contribution in [0.1, 0.15) is 17.0 Å². The van der Waals surface area contributed by atoms with E-state index in [1.54, 1.807) is 19.2 Å². The Bertz CT molecular complexity index is 914. The number of hydrogen-bond acceptors (Lipinski definition) is 8. The quantitative estimate of drug-likeness (QED) is 0.738. The molecule has 2 aromatic carbocycles. The van der Waals surface area contributed by atoms with Crippen LogP contribution >= 0.6 is 0 Å². The Balaban J connectivity index is 1.66. The second-order valence-corrected chi connectivity index (χ2v) is 6.85. The molecule has 0 aromatic heterocycles. The molecule has 0 aliphatic carbocycles. The first kappa shape index (κ1) is 19.0. The summed E-state index contributed by atoms with van der Waals surface area (Å²) >= 11 is 0. The highest BCUT2D eigenvalue weighted by Crippen LogP contribution is 2.45. The number of hydrogen-bond donors (Lipinski definition) is 1. The molecule has 2 aromatic rings. The minimum absolute atomic E-state index is 0.0824. The lowest BCUT2D eigenvalue weighted by molar-refractivity contribution is -0.141. The highest BCUT2D eigenvalue weighted by atomic mass is 16.7. The number of carbonyl (C=O) groups is 1. The van der Waals surface area contributed by atoms with Crippen molar-refractivity contribution in [3.63, 3.8) is 0 Å². The van der Waals surface area contributed by atoms with E-state index in [2.05, 4.69) is 0 Å². The van der Waals surface area contributed by atoms with Crippen molar-refractivity contribution in [3.8, 4) is 34.5 Å². The fraction of sp³-hybridized carbons (Fsp3) is 0.381. The van der Waals surface area contributed by atoms with E-state index >= 15 is 0 Å². The van der Waals surface area contributed by atoms with Gasteiger partial charge in [0.2, 0.25) is 18.3 Å². The minimum Gasteiger partial charge on any atom is -0.502 e. The summed E-state index contributed by atoms with van der Waals surface area (Å²) in [5.41, 5.74) is 1.66. The van der Waals surface area contributed by atoms with Crippen molar-refractivity contribution >= 4 is 5.97 Å². The molecule has 0 bridgehead atoms. The van der Waals surface area contributed by atoms with E-state index in [4.69, 9.17) is 28.4 Å². The summed E-state index contributed by atoms with van der Waals surface area (Å²) in [6.07, 6.45) is 0.433. The number of aromatic hydroxyl groups is 1. The van der Waals surface area contributed by atoms with Crippen LogP contribution in [0.4, 0.5) is 0 Å². The lowest BCUT2D eigenvalue weighted by atomic mass is 9.84. The van der Waals surface area contributed by atoms with E-state index in [0.717, 1.165) is 11.1 Å². The number of esters is 1. The third-order valence-corrected chi connectivity index (χ3v) is 5.30. The number of fused-ring (bicyclic) bond motifs is 1. The number of phenolic OH excluding ortho intramolecular Hbond substituents is 1. The summed E-state index contributed by atoms with van der Waals surface area (Å²) in [5, 5.41) is 10.2. The molecule has 8 heteroatoms. The predicted molar refractivity (Wildman–Crippen MR) is 101 cm³/mol. The van der Waals surface area contributed by atoms with Gasteiger partial charge in [0.1, 0.15) is 0 Å². The van der Waals surface area contributed by atoms with Crippen molar-refractivity contribution in [2.75, 3.05) is 34.7 Å². The van der Waals surface area contributed by atoms with Crippen LogP contribution in [0.5, 0.6) is 34.5 Å². The number of carbonyl (C=O) groups excluding carboxylic acids is 1. The molecular weight excluding hydrogens is 380 g/mol. The van der Waals surface area contributed by atoms with Gasteiger partial charge in [-0.15, -0.1) is 0 Å². The van der Waals surface area contributed by atoms with E-state index in [1.165, 1.54) is 14.2 Å². The van der Waals surface area contributed by atoms with Crippen molar-refractivity contribution in [2.45, 2.75) is 12.3 Å². The topological polar surface area (TPSA) is 92.7 Å². The van der Waals surface area contributed by atoms with Gasteiger partial charge in [0.15, 0.2) is 23.0 Å². The van der Waals surface area contributed by atoms with Crippen molar-refractivity contribution in [3.05, 3.63) is 35.4 Å². The van der Waals surface area contributed by atoms with Gasteiger partial charge in [0.05, 0.1) is 33.9 Å². The summed E-state index contributed by atoms with van der Waals surface area (Å²) in [5.74, 6) is 1.28. The van der Waals surface area contributed by atoms with Gasteiger partial charge in [0.25, 0.3) is 0 Å². The zero-order valence-electron chi connectivity index (χ0n) is 16.4. The molecule has 2 heterocycles. The molecule has 2 atom stereocenters. The van der Waals surface area contributed by atoms with Crippen LogP contribution in [-0.4, -0.2) is 45.8 Å². The lowest BCUT2D eigenvalue weighted by Crippen LogP contribution is -2.17. The third-order valence-electron chi connectivity index (χ3n) is 5.30. The van der Waals surface area contributed by atoms with E-state index in [0.29, 0.717) is 23.7 Å². The molecule has 2 aliphatic heterocycles. The van der Waals surface area contributed by atoms with Crippen LogP contribution in [0.25, 0.3) is 0 Å². The summed E-state index contributed by atoms with van der Waals surface area (Å²) < 4.78 is 32.2. The third kappa shape index (κ3) is 3.35. The number of rotatable bonds is 6. The molecule has 1 fully saturated rings. The molecule has 154 valence electrons. The minimum atomic E-state index is -0.418. The van der Waals surface area contributed by atoms with Gasteiger partial charge < -0.3 is 33.5 Å². The van der Waals surface area contributed by atoms with Crippen molar-refractivity contribution in [1.29, 1.82) is 0 Å². The zero-order chi connectivity index (χ0) is 20.5. The summed E-state index contributed by atoms with van der Waals surface area (Å²) in [6.45, 7) is 0.374. The average Bonchev–Trinajstić information content (AvgIpc) is 3.35. The molecule has 29 heavy (non-hydrogen) atoms. The second-order valence-electron chi connectivity index (χ2n) is 6.85. The maximum atomic E-state index is 12.5. The van der Waals surface area contributed by atoms with E-state index in [1.807, 2.05) is 12.1 Å². The number of methoxy groups -OCH3 is 3. The molecule has 0 saturated carbocycles. The predicted octanol–water partition coefficient (Wildman–Crippen LogP) is 2.65.